The maximum atomic E-state index is 12.9. The first-order valence-electron chi connectivity index (χ1n) is 9.46. The molecule has 1 aromatic carbocycles. The second-order valence-electron chi connectivity index (χ2n) is 8.31. The highest BCUT2D eigenvalue weighted by Crippen LogP contribution is 2.24. The van der Waals surface area contributed by atoms with Gasteiger partial charge in [-0.25, -0.2) is 8.42 Å². The molecule has 0 saturated carbocycles. The molecule has 1 aliphatic heterocycles. The molecule has 28 heavy (non-hydrogen) atoms. The highest BCUT2D eigenvalue weighted by Gasteiger charge is 2.34. The highest BCUT2D eigenvalue weighted by molar-refractivity contribution is 7.91. The van der Waals surface area contributed by atoms with Gasteiger partial charge in [-0.15, -0.1) is 11.3 Å². The van der Waals surface area contributed by atoms with Crippen LogP contribution in [0.5, 0.6) is 0 Å². The molecular formula is C22H27NO3S2. The van der Waals surface area contributed by atoms with Crippen LogP contribution >= 0.6 is 11.3 Å². The summed E-state index contributed by atoms with van der Waals surface area (Å²) >= 11 is 1.58. The lowest BCUT2D eigenvalue weighted by Gasteiger charge is -2.26. The number of carbonyl (C=O) groups excluding carboxylic acids is 1. The number of amides is 1. The Morgan fingerprint density at radius 2 is 1.93 bits per heavy atom. The van der Waals surface area contributed by atoms with Crippen LogP contribution in [-0.4, -0.2) is 36.8 Å². The van der Waals surface area contributed by atoms with Crippen molar-refractivity contribution >= 4 is 33.2 Å². The summed E-state index contributed by atoms with van der Waals surface area (Å²) in [6.07, 6.45) is 3.87. The normalized spacial score (nSPS) is 19.2. The van der Waals surface area contributed by atoms with Crippen LogP contribution in [0.15, 0.2) is 47.9 Å². The largest absolute Gasteiger partial charge is 0.330 e. The monoisotopic (exact) mass is 417 g/mol. The quantitative estimate of drug-likeness (QED) is 0.683. The molecule has 3 rings (SSSR count). The van der Waals surface area contributed by atoms with Gasteiger partial charge >= 0.3 is 0 Å². The molecule has 0 aliphatic carbocycles. The number of carbonyl (C=O) groups is 1. The van der Waals surface area contributed by atoms with Crippen LogP contribution in [0.25, 0.3) is 6.08 Å². The highest BCUT2D eigenvalue weighted by atomic mass is 32.2. The molecule has 0 radical (unpaired) electrons. The fraction of sp³-hybridized carbons (Fsp3) is 0.409. The number of rotatable bonds is 5. The third kappa shape index (κ3) is 5.32. The van der Waals surface area contributed by atoms with Gasteiger partial charge in [0.25, 0.3) is 0 Å². The second-order valence-corrected chi connectivity index (χ2v) is 11.6. The van der Waals surface area contributed by atoms with Crippen molar-refractivity contribution in [1.29, 1.82) is 0 Å². The van der Waals surface area contributed by atoms with Crippen molar-refractivity contribution in [2.75, 3.05) is 11.5 Å². The summed E-state index contributed by atoms with van der Waals surface area (Å²) in [5.74, 6) is 0.0673. The number of hydrogen-bond acceptors (Lipinski definition) is 4. The van der Waals surface area contributed by atoms with Crippen LogP contribution < -0.4 is 0 Å². The van der Waals surface area contributed by atoms with Gasteiger partial charge in [-0.2, -0.15) is 0 Å². The lowest BCUT2D eigenvalue weighted by Crippen LogP contribution is -2.39. The van der Waals surface area contributed by atoms with Gasteiger partial charge in [0.05, 0.1) is 18.1 Å². The maximum absolute atomic E-state index is 12.9. The van der Waals surface area contributed by atoms with Crippen molar-refractivity contribution in [3.8, 4) is 0 Å². The number of sulfone groups is 1. The Hall–Kier alpha value is -1.92. The van der Waals surface area contributed by atoms with Gasteiger partial charge in [0.2, 0.25) is 5.91 Å². The average molecular weight is 418 g/mol. The van der Waals surface area contributed by atoms with Crippen molar-refractivity contribution in [2.24, 2.45) is 0 Å². The van der Waals surface area contributed by atoms with Crippen molar-refractivity contribution < 1.29 is 13.2 Å². The Morgan fingerprint density at radius 3 is 2.46 bits per heavy atom. The summed E-state index contributed by atoms with van der Waals surface area (Å²) in [7, 11) is -3.05. The zero-order valence-corrected chi connectivity index (χ0v) is 18.2. The number of thiophene rings is 1. The molecule has 1 saturated heterocycles. The molecule has 1 fully saturated rings. The van der Waals surface area contributed by atoms with Gasteiger partial charge in [-0.05, 0) is 40.5 Å². The summed E-state index contributed by atoms with van der Waals surface area (Å²) in [5.41, 5.74) is 2.28. The van der Waals surface area contributed by atoms with E-state index in [0.29, 0.717) is 13.0 Å². The van der Waals surface area contributed by atoms with E-state index in [2.05, 4.69) is 32.9 Å². The minimum Gasteiger partial charge on any atom is -0.330 e. The lowest BCUT2D eigenvalue weighted by molar-refractivity contribution is -0.128. The average Bonchev–Trinajstić information content (AvgIpc) is 3.26. The minimum absolute atomic E-state index is 0.0538. The van der Waals surface area contributed by atoms with Crippen LogP contribution in [0, 0.1) is 0 Å². The molecule has 1 atom stereocenters. The zero-order valence-electron chi connectivity index (χ0n) is 16.6. The number of hydrogen-bond donors (Lipinski definition) is 0. The molecule has 0 N–H and O–H groups in total. The molecule has 6 heteroatoms. The van der Waals surface area contributed by atoms with Gasteiger partial charge in [-0.1, -0.05) is 51.1 Å². The van der Waals surface area contributed by atoms with E-state index in [1.165, 1.54) is 5.56 Å². The van der Waals surface area contributed by atoms with Crippen LogP contribution in [0.4, 0.5) is 0 Å². The van der Waals surface area contributed by atoms with E-state index in [4.69, 9.17) is 0 Å². The Morgan fingerprint density at radius 1 is 1.21 bits per heavy atom. The first-order valence-corrected chi connectivity index (χ1v) is 12.2. The van der Waals surface area contributed by atoms with Crippen molar-refractivity contribution in [3.63, 3.8) is 0 Å². The first kappa shape index (κ1) is 20.8. The summed E-state index contributed by atoms with van der Waals surface area (Å²) < 4.78 is 23.8. The summed E-state index contributed by atoms with van der Waals surface area (Å²) in [4.78, 5) is 15.7. The summed E-state index contributed by atoms with van der Waals surface area (Å²) in [6, 6.07) is 11.8. The van der Waals surface area contributed by atoms with Crippen LogP contribution in [0.1, 0.15) is 43.2 Å². The second kappa shape index (κ2) is 8.21. The molecule has 1 aliphatic rings. The summed E-state index contributed by atoms with van der Waals surface area (Å²) in [5, 5.41) is 1.97. The molecule has 1 amide bonds. The Bertz CT molecular complexity index is 937. The van der Waals surface area contributed by atoms with Gasteiger partial charge in [0.15, 0.2) is 9.84 Å². The van der Waals surface area contributed by atoms with Gasteiger partial charge in [-0.3, -0.25) is 4.79 Å². The van der Waals surface area contributed by atoms with E-state index >= 15 is 0 Å². The number of nitrogens with zero attached hydrogens (tertiary/aromatic N) is 1. The third-order valence-corrected chi connectivity index (χ3v) is 7.65. The summed E-state index contributed by atoms with van der Waals surface area (Å²) in [6.45, 7) is 6.95. The Balaban J connectivity index is 1.76. The topological polar surface area (TPSA) is 54.5 Å². The SMILES string of the molecule is CC(C)(C)c1ccc(C=CC(=O)N(Cc2cccs2)C2CCS(=O)(=O)C2)cc1. The lowest BCUT2D eigenvalue weighted by atomic mass is 9.87. The Labute approximate surface area is 171 Å². The van der Waals surface area contributed by atoms with E-state index in [1.54, 1.807) is 28.4 Å². The van der Waals surface area contributed by atoms with Crippen molar-refractivity contribution in [1.82, 2.24) is 4.90 Å². The van der Waals surface area contributed by atoms with Crippen LogP contribution in [-0.2, 0) is 26.6 Å². The minimum atomic E-state index is -3.05. The molecule has 1 unspecified atom stereocenters. The van der Waals surface area contributed by atoms with E-state index in [0.717, 1.165) is 10.4 Å². The standard InChI is InChI=1S/C22H27NO3S2/c1-22(2,3)18-9-6-17(7-10-18)8-11-21(24)23(15-20-5-4-13-27-20)19-12-14-28(25,26)16-19/h4-11,13,19H,12,14-16H2,1-3H3. The molecular weight excluding hydrogens is 390 g/mol. The fourth-order valence-corrected chi connectivity index (χ4v) is 5.77. The van der Waals surface area contributed by atoms with E-state index in [9.17, 15) is 13.2 Å². The molecule has 150 valence electrons. The smallest absolute Gasteiger partial charge is 0.247 e. The zero-order chi connectivity index (χ0) is 20.4. The molecule has 0 spiro atoms. The van der Waals surface area contributed by atoms with Crippen LogP contribution in [0.3, 0.4) is 0 Å². The predicted molar refractivity (Wildman–Crippen MR) is 116 cm³/mol. The maximum Gasteiger partial charge on any atom is 0.247 e. The van der Waals surface area contributed by atoms with Gasteiger partial charge < -0.3 is 4.90 Å². The Kier molecular flexibility index (Phi) is 6.10. The predicted octanol–water partition coefficient (Wildman–Crippen LogP) is 4.27. The molecule has 2 heterocycles. The van der Waals surface area contributed by atoms with E-state index in [1.807, 2.05) is 29.6 Å². The number of benzene rings is 1. The fourth-order valence-electron chi connectivity index (χ4n) is 3.34. The molecule has 1 aromatic heterocycles. The molecule has 4 nitrogen and oxygen atoms in total. The van der Waals surface area contributed by atoms with Gasteiger partial charge in [0, 0.05) is 17.0 Å². The van der Waals surface area contributed by atoms with E-state index < -0.39 is 9.84 Å². The van der Waals surface area contributed by atoms with Gasteiger partial charge in [0.1, 0.15) is 0 Å². The molecule has 0 bridgehead atoms. The third-order valence-electron chi connectivity index (χ3n) is 5.03. The van der Waals surface area contributed by atoms with E-state index in [-0.39, 0.29) is 28.9 Å². The van der Waals surface area contributed by atoms with Crippen molar-refractivity contribution in [2.45, 2.75) is 45.2 Å². The van der Waals surface area contributed by atoms with Crippen LogP contribution in [0.2, 0.25) is 0 Å². The first-order chi connectivity index (χ1) is 13.1. The van der Waals surface area contributed by atoms with Crippen molar-refractivity contribution in [3.05, 3.63) is 63.9 Å². The molecule has 2 aromatic rings.